The van der Waals surface area contributed by atoms with E-state index in [0.717, 1.165) is 5.56 Å². The zero-order chi connectivity index (χ0) is 12.4. The number of rotatable bonds is 2. The number of aromatic nitrogens is 2. The minimum atomic E-state index is -2.25. The molecule has 0 aliphatic heterocycles. The molecular formula is C13H14F2N2. The van der Waals surface area contributed by atoms with Crippen molar-refractivity contribution in [1.29, 1.82) is 0 Å². The van der Waals surface area contributed by atoms with E-state index in [1.165, 1.54) is 6.20 Å². The SMILES string of the molecule is CC(C)C#Cc1nnccc1[C@H]1C[C@@H]1C(F)F. The molecule has 1 saturated carbocycles. The molecule has 90 valence electrons. The van der Waals surface area contributed by atoms with Crippen molar-refractivity contribution in [1.82, 2.24) is 10.2 Å². The zero-order valence-electron chi connectivity index (χ0n) is 9.82. The van der Waals surface area contributed by atoms with Crippen LogP contribution in [0.4, 0.5) is 8.78 Å². The number of hydrogen-bond donors (Lipinski definition) is 0. The molecule has 0 radical (unpaired) electrons. The molecule has 2 nitrogen and oxygen atoms in total. The van der Waals surface area contributed by atoms with E-state index < -0.39 is 12.3 Å². The Bertz CT molecular complexity index is 460. The van der Waals surface area contributed by atoms with E-state index in [-0.39, 0.29) is 11.8 Å². The van der Waals surface area contributed by atoms with Crippen LogP contribution in [0.15, 0.2) is 12.3 Å². The number of halogens is 2. The van der Waals surface area contributed by atoms with E-state index >= 15 is 0 Å². The third-order valence-electron chi connectivity index (χ3n) is 2.79. The Morgan fingerprint density at radius 1 is 1.41 bits per heavy atom. The quantitative estimate of drug-likeness (QED) is 0.738. The largest absolute Gasteiger partial charge is 0.242 e. The smallest absolute Gasteiger partial charge is 0.210 e. The second-order valence-electron chi connectivity index (χ2n) is 4.60. The molecule has 1 aromatic rings. The van der Waals surface area contributed by atoms with Gasteiger partial charge in [-0.1, -0.05) is 19.8 Å². The lowest BCUT2D eigenvalue weighted by Gasteiger charge is -2.01. The lowest BCUT2D eigenvalue weighted by atomic mass is 10.1. The van der Waals surface area contributed by atoms with Crippen LogP contribution in [0, 0.1) is 23.7 Å². The third kappa shape index (κ3) is 2.79. The van der Waals surface area contributed by atoms with Crippen LogP contribution in [0.2, 0.25) is 0 Å². The molecule has 0 N–H and O–H groups in total. The van der Waals surface area contributed by atoms with Crippen molar-refractivity contribution in [3.05, 3.63) is 23.5 Å². The molecule has 17 heavy (non-hydrogen) atoms. The van der Waals surface area contributed by atoms with Crippen LogP contribution >= 0.6 is 0 Å². The first kappa shape index (κ1) is 12.0. The molecule has 0 amide bonds. The monoisotopic (exact) mass is 236 g/mol. The van der Waals surface area contributed by atoms with Crippen LogP contribution in [0.25, 0.3) is 0 Å². The molecule has 1 aliphatic carbocycles. The summed E-state index contributed by atoms with van der Waals surface area (Å²) < 4.78 is 25.1. The van der Waals surface area contributed by atoms with Crippen molar-refractivity contribution in [3.63, 3.8) is 0 Å². The maximum atomic E-state index is 12.5. The van der Waals surface area contributed by atoms with E-state index in [2.05, 4.69) is 22.0 Å². The zero-order valence-corrected chi connectivity index (χ0v) is 9.82. The van der Waals surface area contributed by atoms with Crippen molar-refractivity contribution >= 4 is 0 Å². The molecule has 1 aromatic heterocycles. The van der Waals surface area contributed by atoms with Crippen molar-refractivity contribution in [2.75, 3.05) is 0 Å². The topological polar surface area (TPSA) is 25.8 Å². The molecule has 1 fully saturated rings. The molecule has 4 heteroatoms. The minimum absolute atomic E-state index is 0.0954. The minimum Gasteiger partial charge on any atom is -0.210 e. The van der Waals surface area contributed by atoms with Crippen LogP contribution in [0.5, 0.6) is 0 Å². The second kappa shape index (κ2) is 4.79. The Morgan fingerprint density at radius 3 is 2.76 bits per heavy atom. The maximum absolute atomic E-state index is 12.5. The summed E-state index contributed by atoms with van der Waals surface area (Å²) in [5.74, 6) is 5.52. The molecule has 2 atom stereocenters. The summed E-state index contributed by atoms with van der Waals surface area (Å²) in [5.41, 5.74) is 1.37. The lowest BCUT2D eigenvalue weighted by Crippen LogP contribution is -1.99. The van der Waals surface area contributed by atoms with Crippen molar-refractivity contribution < 1.29 is 8.78 Å². The van der Waals surface area contributed by atoms with Gasteiger partial charge in [0.2, 0.25) is 6.43 Å². The second-order valence-corrected chi connectivity index (χ2v) is 4.60. The third-order valence-corrected chi connectivity index (χ3v) is 2.79. The highest BCUT2D eigenvalue weighted by molar-refractivity contribution is 5.39. The Balaban J connectivity index is 2.22. The van der Waals surface area contributed by atoms with Crippen molar-refractivity contribution in [3.8, 4) is 11.8 Å². The molecule has 1 aliphatic rings. The van der Waals surface area contributed by atoms with Gasteiger partial charge in [-0.05, 0) is 29.9 Å². The van der Waals surface area contributed by atoms with Gasteiger partial charge in [-0.15, -0.1) is 5.10 Å². The van der Waals surface area contributed by atoms with E-state index in [1.807, 2.05) is 13.8 Å². The van der Waals surface area contributed by atoms with Crippen LogP contribution in [-0.2, 0) is 0 Å². The Morgan fingerprint density at radius 2 is 2.18 bits per heavy atom. The number of alkyl halides is 2. The first-order chi connectivity index (χ1) is 8.09. The normalized spacial score (nSPS) is 22.5. The maximum Gasteiger partial charge on any atom is 0.242 e. The van der Waals surface area contributed by atoms with Gasteiger partial charge in [0.25, 0.3) is 0 Å². The van der Waals surface area contributed by atoms with Gasteiger partial charge >= 0.3 is 0 Å². The van der Waals surface area contributed by atoms with Crippen LogP contribution in [0.3, 0.4) is 0 Å². The standard InChI is InChI=1S/C13H14F2N2/c1-8(2)3-4-12-9(5-6-16-17-12)10-7-11(10)13(14)15/h5-6,8,10-11,13H,7H2,1-2H3/t10-,11+/m1/s1. The first-order valence-corrected chi connectivity index (χ1v) is 5.71. The van der Waals surface area contributed by atoms with Crippen molar-refractivity contribution in [2.24, 2.45) is 11.8 Å². The Hall–Kier alpha value is -1.50. The molecule has 0 unspecified atom stereocenters. The van der Waals surface area contributed by atoms with Gasteiger partial charge in [-0.2, -0.15) is 5.10 Å². The number of nitrogens with zero attached hydrogens (tertiary/aromatic N) is 2. The van der Waals surface area contributed by atoms with Crippen LogP contribution in [-0.4, -0.2) is 16.6 Å². The van der Waals surface area contributed by atoms with Gasteiger partial charge in [-0.25, -0.2) is 8.78 Å². The fourth-order valence-electron chi connectivity index (χ4n) is 1.80. The fraction of sp³-hybridized carbons (Fsp3) is 0.538. The molecule has 1 heterocycles. The average Bonchev–Trinajstić information content (AvgIpc) is 3.06. The van der Waals surface area contributed by atoms with E-state index in [1.54, 1.807) is 6.07 Å². The Labute approximate surface area is 99.4 Å². The van der Waals surface area contributed by atoms with Crippen LogP contribution in [0.1, 0.15) is 37.4 Å². The van der Waals surface area contributed by atoms with Gasteiger partial charge in [0.05, 0.1) is 0 Å². The Kier molecular flexibility index (Phi) is 3.37. The lowest BCUT2D eigenvalue weighted by molar-refractivity contribution is 0.120. The summed E-state index contributed by atoms with van der Waals surface area (Å²) in [6.07, 6.45) is -0.185. The van der Waals surface area contributed by atoms with Crippen molar-refractivity contribution in [2.45, 2.75) is 32.6 Å². The first-order valence-electron chi connectivity index (χ1n) is 5.71. The van der Waals surface area contributed by atoms with E-state index in [0.29, 0.717) is 12.1 Å². The van der Waals surface area contributed by atoms with Gasteiger partial charge in [0.15, 0.2) is 0 Å². The molecule has 0 bridgehead atoms. The summed E-state index contributed by atoms with van der Waals surface area (Å²) in [7, 11) is 0. The summed E-state index contributed by atoms with van der Waals surface area (Å²) in [4.78, 5) is 0. The van der Waals surface area contributed by atoms with Gasteiger partial charge < -0.3 is 0 Å². The molecule has 0 aromatic carbocycles. The number of hydrogen-bond acceptors (Lipinski definition) is 2. The molecule has 2 rings (SSSR count). The van der Waals surface area contributed by atoms with Gasteiger partial charge in [-0.3, -0.25) is 0 Å². The predicted molar refractivity (Wildman–Crippen MR) is 60.6 cm³/mol. The summed E-state index contributed by atoms with van der Waals surface area (Å²) in [6, 6.07) is 1.75. The highest BCUT2D eigenvalue weighted by Gasteiger charge is 2.46. The van der Waals surface area contributed by atoms with Gasteiger partial charge in [0, 0.05) is 18.0 Å². The highest BCUT2D eigenvalue weighted by Crippen LogP contribution is 2.51. The summed E-state index contributed by atoms with van der Waals surface area (Å²) in [6.45, 7) is 3.95. The van der Waals surface area contributed by atoms with Crippen LogP contribution < -0.4 is 0 Å². The molecule has 0 saturated heterocycles. The van der Waals surface area contributed by atoms with Gasteiger partial charge in [0.1, 0.15) is 5.69 Å². The molecular weight excluding hydrogens is 222 g/mol. The predicted octanol–water partition coefficient (Wildman–Crippen LogP) is 2.85. The molecule has 0 spiro atoms. The average molecular weight is 236 g/mol. The van der Waals surface area contributed by atoms with E-state index in [4.69, 9.17) is 0 Å². The fourth-order valence-corrected chi connectivity index (χ4v) is 1.80. The summed E-state index contributed by atoms with van der Waals surface area (Å²) in [5, 5.41) is 7.70. The van der Waals surface area contributed by atoms with E-state index in [9.17, 15) is 8.78 Å². The highest BCUT2D eigenvalue weighted by atomic mass is 19.3. The summed E-state index contributed by atoms with van der Waals surface area (Å²) >= 11 is 0.